The molecular formula is C14H19NO2. The highest BCUT2D eigenvalue weighted by molar-refractivity contribution is 5.85. The summed E-state index contributed by atoms with van der Waals surface area (Å²) >= 11 is 0. The van der Waals surface area contributed by atoms with Gasteiger partial charge in [0.1, 0.15) is 0 Å². The van der Waals surface area contributed by atoms with Crippen molar-refractivity contribution in [3.8, 4) is 0 Å². The molecule has 0 aromatic heterocycles. The first-order valence-corrected chi connectivity index (χ1v) is 5.80. The molecule has 1 aromatic rings. The van der Waals surface area contributed by atoms with E-state index >= 15 is 0 Å². The second-order valence-corrected chi connectivity index (χ2v) is 4.15. The Labute approximate surface area is 102 Å². The highest BCUT2D eigenvalue weighted by Gasteiger charge is 1.99. The number of hydrogen-bond acceptors (Lipinski definition) is 2. The molecule has 0 saturated heterocycles. The zero-order valence-electron chi connectivity index (χ0n) is 10.4. The van der Waals surface area contributed by atoms with Gasteiger partial charge in [0.15, 0.2) is 0 Å². The van der Waals surface area contributed by atoms with Crippen LogP contribution >= 0.6 is 0 Å². The smallest absolute Gasteiger partial charge is 0.328 e. The summed E-state index contributed by atoms with van der Waals surface area (Å²) < 4.78 is 0. The molecule has 0 radical (unpaired) electrons. The summed E-state index contributed by atoms with van der Waals surface area (Å²) in [4.78, 5) is 12.7. The normalized spacial score (nSPS) is 11.2. The summed E-state index contributed by atoms with van der Waals surface area (Å²) in [5.74, 6) is -0.918. The fraction of sp³-hybridized carbons (Fsp3) is 0.357. The third-order valence-corrected chi connectivity index (χ3v) is 2.43. The van der Waals surface area contributed by atoms with Gasteiger partial charge < -0.3 is 10.0 Å². The topological polar surface area (TPSA) is 40.5 Å². The van der Waals surface area contributed by atoms with Crippen molar-refractivity contribution in [2.75, 3.05) is 13.6 Å². The highest BCUT2D eigenvalue weighted by atomic mass is 16.4. The lowest BCUT2D eigenvalue weighted by Gasteiger charge is -2.15. The second kappa shape index (κ2) is 6.86. The predicted octanol–water partition coefficient (Wildman–Crippen LogP) is 2.63. The third-order valence-electron chi connectivity index (χ3n) is 2.43. The molecule has 0 aliphatic carbocycles. The molecule has 0 atom stereocenters. The Kier molecular flexibility index (Phi) is 5.43. The number of carboxylic acid groups (broad SMARTS) is 1. The summed E-state index contributed by atoms with van der Waals surface area (Å²) in [6.45, 7) is 4.11. The molecule has 0 aliphatic heterocycles. The van der Waals surface area contributed by atoms with Gasteiger partial charge in [-0.1, -0.05) is 31.2 Å². The van der Waals surface area contributed by atoms with Crippen molar-refractivity contribution in [3.63, 3.8) is 0 Å². The SMILES string of the molecule is CCCN(C)Cc1cccc(C=CC(=O)O)c1. The Morgan fingerprint density at radius 2 is 2.24 bits per heavy atom. The van der Waals surface area contributed by atoms with Crippen LogP contribution in [-0.4, -0.2) is 29.6 Å². The van der Waals surface area contributed by atoms with Gasteiger partial charge in [0.2, 0.25) is 0 Å². The number of aliphatic carboxylic acids is 1. The Morgan fingerprint density at radius 1 is 1.47 bits per heavy atom. The number of rotatable bonds is 6. The van der Waals surface area contributed by atoms with Gasteiger partial charge in [0.25, 0.3) is 0 Å². The van der Waals surface area contributed by atoms with Crippen molar-refractivity contribution in [3.05, 3.63) is 41.5 Å². The van der Waals surface area contributed by atoms with Crippen LogP contribution in [0.25, 0.3) is 6.08 Å². The van der Waals surface area contributed by atoms with Crippen LogP contribution in [0.1, 0.15) is 24.5 Å². The van der Waals surface area contributed by atoms with Crippen molar-refractivity contribution in [2.45, 2.75) is 19.9 Å². The molecule has 0 bridgehead atoms. The number of carbonyl (C=O) groups is 1. The largest absolute Gasteiger partial charge is 0.478 e. The summed E-state index contributed by atoms with van der Waals surface area (Å²) in [5, 5.41) is 8.56. The molecule has 92 valence electrons. The Morgan fingerprint density at radius 3 is 2.88 bits per heavy atom. The van der Waals surface area contributed by atoms with Gasteiger partial charge in [-0.05, 0) is 37.2 Å². The fourth-order valence-electron chi connectivity index (χ4n) is 1.74. The molecule has 0 aliphatic rings. The number of benzene rings is 1. The van der Waals surface area contributed by atoms with Crippen LogP contribution in [0, 0.1) is 0 Å². The average Bonchev–Trinajstić information content (AvgIpc) is 2.27. The lowest BCUT2D eigenvalue weighted by molar-refractivity contribution is -0.131. The maximum Gasteiger partial charge on any atom is 0.328 e. The van der Waals surface area contributed by atoms with Gasteiger partial charge in [-0.15, -0.1) is 0 Å². The van der Waals surface area contributed by atoms with Crippen LogP contribution in [0.5, 0.6) is 0 Å². The molecule has 1 N–H and O–H groups in total. The highest BCUT2D eigenvalue weighted by Crippen LogP contribution is 2.09. The van der Waals surface area contributed by atoms with E-state index in [-0.39, 0.29) is 0 Å². The standard InChI is InChI=1S/C14H19NO2/c1-3-9-15(2)11-13-6-4-5-12(10-13)7-8-14(16)17/h4-8,10H,3,9,11H2,1-2H3,(H,16,17). The van der Waals surface area contributed by atoms with E-state index in [1.165, 1.54) is 5.56 Å². The van der Waals surface area contributed by atoms with Gasteiger partial charge >= 0.3 is 5.97 Å². The van der Waals surface area contributed by atoms with Gasteiger partial charge in [-0.3, -0.25) is 0 Å². The first-order chi connectivity index (χ1) is 8.11. The molecule has 3 nitrogen and oxygen atoms in total. The van der Waals surface area contributed by atoms with E-state index in [2.05, 4.69) is 24.9 Å². The van der Waals surface area contributed by atoms with Gasteiger partial charge in [0.05, 0.1) is 0 Å². The van der Waals surface area contributed by atoms with E-state index in [4.69, 9.17) is 5.11 Å². The average molecular weight is 233 g/mol. The molecule has 0 spiro atoms. The quantitative estimate of drug-likeness (QED) is 0.768. The lowest BCUT2D eigenvalue weighted by Crippen LogP contribution is -2.18. The third kappa shape index (κ3) is 5.31. The van der Waals surface area contributed by atoms with Crippen LogP contribution in [0.2, 0.25) is 0 Å². The van der Waals surface area contributed by atoms with E-state index in [1.54, 1.807) is 6.08 Å². The van der Waals surface area contributed by atoms with Gasteiger partial charge in [-0.25, -0.2) is 4.79 Å². The van der Waals surface area contributed by atoms with Crippen molar-refractivity contribution >= 4 is 12.0 Å². The van der Waals surface area contributed by atoms with E-state index < -0.39 is 5.97 Å². The second-order valence-electron chi connectivity index (χ2n) is 4.15. The van der Waals surface area contributed by atoms with Gasteiger partial charge in [0, 0.05) is 12.6 Å². The van der Waals surface area contributed by atoms with E-state index in [0.717, 1.165) is 31.1 Å². The molecule has 0 fully saturated rings. The summed E-state index contributed by atoms with van der Waals surface area (Å²) in [6, 6.07) is 7.94. The van der Waals surface area contributed by atoms with Crippen LogP contribution in [0.3, 0.4) is 0 Å². The van der Waals surface area contributed by atoms with Crippen molar-refractivity contribution in [1.29, 1.82) is 0 Å². The van der Waals surface area contributed by atoms with E-state index in [9.17, 15) is 4.79 Å². The van der Waals surface area contributed by atoms with Crippen LogP contribution in [0.4, 0.5) is 0 Å². The zero-order valence-corrected chi connectivity index (χ0v) is 10.4. The minimum atomic E-state index is -0.918. The first kappa shape index (κ1) is 13.5. The number of carboxylic acids is 1. The maximum absolute atomic E-state index is 10.4. The van der Waals surface area contributed by atoms with Gasteiger partial charge in [-0.2, -0.15) is 0 Å². The van der Waals surface area contributed by atoms with E-state index in [0.29, 0.717) is 0 Å². The van der Waals surface area contributed by atoms with E-state index in [1.807, 2.05) is 18.2 Å². The molecule has 17 heavy (non-hydrogen) atoms. The minimum Gasteiger partial charge on any atom is -0.478 e. The number of nitrogens with zero attached hydrogens (tertiary/aromatic N) is 1. The lowest BCUT2D eigenvalue weighted by atomic mass is 10.1. The molecular weight excluding hydrogens is 214 g/mol. The summed E-state index contributed by atoms with van der Waals surface area (Å²) in [6.07, 6.45) is 3.91. The van der Waals surface area contributed by atoms with Crippen molar-refractivity contribution in [2.24, 2.45) is 0 Å². The number of hydrogen-bond donors (Lipinski definition) is 1. The van der Waals surface area contributed by atoms with Crippen LogP contribution < -0.4 is 0 Å². The predicted molar refractivity (Wildman–Crippen MR) is 69.7 cm³/mol. The molecule has 3 heteroatoms. The monoisotopic (exact) mass is 233 g/mol. The summed E-state index contributed by atoms with van der Waals surface area (Å²) in [5.41, 5.74) is 2.13. The Balaban J connectivity index is 2.68. The van der Waals surface area contributed by atoms with Crippen LogP contribution in [0.15, 0.2) is 30.3 Å². The molecule has 0 saturated carbocycles. The van der Waals surface area contributed by atoms with Crippen molar-refractivity contribution < 1.29 is 9.90 Å². The van der Waals surface area contributed by atoms with Crippen molar-refractivity contribution in [1.82, 2.24) is 4.90 Å². The maximum atomic E-state index is 10.4. The molecule has 0 amide bonds. The fourth-order valence-corrected chi connectivity index (χ4v) is 1.74. The Bertz CT molecular complexity index is 399. The Hall–Kier alpha value is -1.61. The zero-order chi connectivity index (χ0) is 12.7. The molecule has 1 rings (SSSR count). The minimum absolute atomic E-state index is 0.891. The molecule has 0 heterocycles. The molecule has 0 unspecified atom stereocenters. The summed E-state index contributed by atoms with van der Waals surface area (Å²) in [7, 11) is 2.09. The molecule has 1 aromatic carbocycles. The first-order valence-electron chi connectivity index (χ1n) is 5.80. The van der Waals surface area contributed by atoms with Crippen LogP contribution in [-0.2, 0) is 11.3 Å².